The zero-order chi connectivity index (χ0) is 24.8. The normalized spacial score (nSPS) is 21.5. The summed E-state index contributed by atoms with van der Waals surface area (Å²) in [5.74, 6) is 2.69. The Hall–Kier alpha value is -2.22. The molecule has 0 aromatic carbocycles. The summed E-state index contributed by atoms with van der Waals surface area (Å²) in [7, 11) is 0. The van der Waals surface area contributed by atoms with E-state index in [9.17, 15) is 18.0 Å². The third kappa shape index (κ3) is 8.16. The highest BCUT2D eigenvalue weighted by molar-refractivity contribution is 5.80. The highest BCUT2D eigenvalue weighted by Crippen LogP contribution is 2.33. The first kappa shape index (κ1) is 25.9. The maximum Gasteiger partial charge on any atom is 0.389 e. The number of pyridine rings is 1. The molecule has 3 heterocycles. The van der Waals surface area contributed by atoms with Gasteiger partial charge in [-0.05, 0) is 62.1 Å². The molecule has 0 amide bonds. The molecular formula is C27H36F3N3O2. The molecule has 0 radical (unpaired) electrons. The number of carbonyl (C=O) groups is 1. The summed E-state index contributed by atoms with van der Waals surface area (Å²) in [5.41, 5.74) is 2.69. The lowest BCUT2D eigenvalue weighted by molar-refractivity contribution is -0.134. The molecular weight excluding hydrogens is 455 g/mol. The predicted molar refractivity (Wildman–Crippen MR) is 127 cm³/mol. The van der Waals surface area contributed by atoms with Crippen LogP contribution in [0.2, 0.25) is 0 Å². The Morgan fingerprint density at radius 1 is 1.11 bits per heavy atom. The van der Waals surface area contributed by atoms with Crippen molar-refractivity contribution in [1.82, 2.24) is 14.9 Å². The highest BCUT2D eigenvalue weighted by Gasteiger charge is 2.27. The largest absolute Gasteiger partial charge is 0.446 e. The first-order valence-electron chi connectivity index (χ1n) is 12.9. The number of carbonyl (C=O) groups excluding carboxylic acids is 1. The predicted octanol–water partition coefficient (Wildman–Crippen LogP) is 5.67. The van der Waals surface area contributed by atoms with Crippen molar-refractivity contribution in [2.45, 2.75) is 83.7 Å². The number of halogens is 3. The Balaban J connectivity index is 1.16. The van der Waals surface area contributed by atoms with Gasteiger partial charge in [0.2, 0.25) is 0 Å². The van der Waals surface area contributed by atoms with Gasteiger partial charge in [-0.25, -0.2) is 4.98 Å². The van der Waals surface area contributed by atoms with Crippen molar-refractivity contribution in [2.24, 2.45) is 11.8 Å². The summed E-state index contributed by atoms with van der Waals surface area (Å²) < 4.78 is 43.0. The smallest absolute Gasteiger partial charge is 0.389 e. The topological polar surface area (TPSA) is 59.2 Å². The first-order valence-corrected chi connectivity index (χ1v) is 12.9. The van der Waals surface area contributed by atoms with Gasteiger partial charge in [-0.2, -0.15) is 13.2 Å². The van der Waals surface area contributed by atoms with Crippen LogP contribution in [-0.4, -0.2) is 46.5 Å². The fourth-order valence-corrected chi connectivity index (χ4v) is 5.47. The number of aryl methyl sites for hydroxylation is 2. The van der Waals surface area contributed by atoms with Gasteiger partial charge in [0, 0.05) is 50.7 Å². The van der Waals surface area contributed by atoms with Crippen molar-refractivity contribution >= 4 is 5.78 Å². The molecule has 0 saturated heterocycles. The minimum atomic E-state index is -4.14. The Kier molecular flexibility index (Phi) is 8.63. The number of oxazole rings is 1. The van der Waals surface area contributed by atoms with E-state index in [-0.39, 0.29) is 12.2 Å². The van der Waals surface area contributed by atoms with E-state index in [1.165, 1.54) is 24.8 Å². The number of alkyl halides is 3. The summed E-state index contributed by atoms with van der Waals surface area (Å²) >= 11 is 0. The van der Waals surface area contributed by atoms with Crippen LogP contribution in [0.15, 0.2) is 22.7 Å². The van der Waals surface area contributed by atoms with Gasteiger partial charge in [0.05, 0.1) is 12.6 Å². The van der Waals surface area contributed by atoms with E-state index < -0.39 is 12.6 Å². The van der Waals surface area contributed by atoms with E-state index in [4.69, 9.17) is 4.42 Å². The van der Waals surface area contributed by atoms with E-state index in [2.05, 4.69) is 14.9 Å². The molecule has 0 bridgehead atoms. The fraction of sp³-hybridized carbons (Fsp3) is 0.667. The molecule has 1 fully saturated rings. The summed E-state index contributed by atoms with van der Waals surface area (Å²) in [6, 6.07) is 3.74. The molecule has 35 heavy (non-hydrogen) atoms. The Morgan fingerprint density at radius 3 is 2.57 bits per heavy atom. The second-order valence-electron chi connectivity index (χ2n) is 10.3. The Morgan fingerprint density at radius 2 is 1.86 bits per heavy atom. The molecule has 1 aliphatic carbocycles. The summed E-state index contributed by atoms with van der Waals surface area (Å²) in [4.78, 5) is 23.5. The number of hydrogen-bond donors (Lipinski definition) is 0. The van der Waals surface area contributed by atoms with Gasteiger partial charge in [0.1, 0.15) is 11.5 Å². The second-order valence-corrected chi connectivity index (χ2v) is 10.3. The molecule has 192 valence electrons. The van der Waals surface area contributed by atoms with E-state index >= 15 is 0 Å². The summed E-state index contributed by atoms with van der Waals surface area (Å²) in [6.45, 7) is 4.72. The molecule has 5 nitrogen and oxygen atoms in total. The van der Waals surface area contributed by atoms with E-state index in [1.54, 1.807) is 19.2 Å². The standard InChI is InChI=1S/C27H36F3N3O2/c1-19-31-18-25(35-19)17-24(34)16-21-4-2-20(3-5-21)9-13-33-14-10-22-6-7-23(8-12-27(28,29)30)32-26(22)11-15-33/h6-7,18,20-21H,2-5,8-17H2,1H3. The summed E-state index contributed by atoms with van der Waals surface area (Å²) in [6.07, 6.45) is 5.07. The van der Waals surface area contributed by atoms with Crippen LogP contribution in [0.5, 0.6) is 0 Å². The van der Waals surface area contributed by atoms with Gasteiger partial charge < -0.3 is 9.32 Å². The SMILES string of the molecule is Cc1ncc(CC(=O)CC2CCC(CCN3CCc4ccc(CCC(F)(F)F)nc4CC3)CC2)o1. The number of rotatable bonds is 9. The van der Waals surface area contributed by atoms with Crippen molar-refractivity contribution in [3.8, 4) is 0 Å². The van der Waals surface area contributed by atoms with Crippen LogP contribution in [-0.2, 0) is 30.5 Å². The van der Waals surface area contributed by atoms with Gasteiger partial charge in [0.25, 0.3) is 0 Å². The van der Waals surface area contributed by atoms with E-state index in [1.807, 2.05) is 6.07 Å². The van der Waals surface area contributed by atoms with Crippen LogP contribution in [0.25, 0.3) is 0 Å². The molecule has 0 N–H and O–H groups in total. The third-order valence-corrected chi connectivity index (χ3v) is 7.53. The van der Waals surface area contributed by atoms with Gasteiger partial charge in [0.15, 0.2) is 5.89 Å². The van der Waals surface area contributed by atoms with Gasteiger partial charge in [-0.15, -0.1) is 0 Å². The van der Waals surface area contributed by atoms with Crippen LogP contribution in [0.3, 0.4) is 0 Å². The average Bonchev–Trinajstić information content (AvgIpc) is 3.10. The number of ketones is 1. The monoisotopic (exact) mass is 491 g/mol. The van der Waals surface area contributed by atoms with Gasteiger partial charge >= 0.3 is 6.18 Å². The van der Waals surface area contributed by atoms with Crippen LogP contribution < -0.4 is 0 Å². The fourth-order valence-electron chi connectivity index (χ4n) is 5.47. The molecule has 8 heteroatoms. The molecule has 2 aromatic heterocycles. The van der Waals surface area contributed by atoms with E-state index in [0.29, 0.717) is 42.0 Å². The highest BCUT2D eigenvalue weighted by atomic mass is 19.4. The summed E-state index contributed by atoms with van der Waals surface area (Å²) in [5, 5.41) is 0. The van der Waals surface area contributed by atoms with E-state index in [0.717, 1.165) is 51.0 Å². The molecule has 0 atom stereocenters. The third-order valence-electron chi connectivity index (χ3n) is 7.53. The molecule has 0 unspecified atom stereocenters. The minimum Gasteiger partial charge on any atom is -0.446 e. The zero-order valence-electron chi connectivity index (χ0n) is 20.6. The maximum atomic E-state index is 12.5. The average molecular weight is 492 g/mol. The van der Waals surface area contributed by atoms with Crippen molar-refractivity contribution in [2.75, 3.05) is 19.6 Å². The van der Waals surface area contributed by atoms with Crippen molar-refractivity contribution < 1.29 is 22.4 Å². The van der Waals surface area contributed by atoms with Gasteiger partial charge in [-0.3, -0.25) is 9.78 Å². The minimum absolute atomic E-state index is 0.0471. The zero-order valence-corrected chi connectivity index (χ0v) is 20.6. The molecule has 1 aliphatic heterocycles. The lowest BCUT2D eigenvalue weighted by Gasteiger charge is -2.30. The second kappa shape index (κ2) is 11.7. The number of Topliss-reactive ketones (excluding diaryl/α,β-unsaturated/α-hetero) is 1. The number of fused-ring (bicyclic) bond motifs is 1. The first-order chi connectivity index (χ1) is 16.7. The number of nitrogens with zero attached hydrogens (tertiary/aromatic N) is 3. The number of aromatic nitrogens is 2. The molecule has 2 aliphatic rings. The Bertz CT molecular complexity index is 980. The van der Waals surface area contributed by atoms with Crippen LogP contribution in [0.1, 0.15) is 73.5 Å². The van der Waals surface area contributed by atoms with Crippen molar-refractivity contribution in [3.05, 3.63) is 46.9 Å². The van der Waals surface area contributed by atoms with Crippen molar-refractivity contribution in [3.63, 3.8) is 0 Å². The molecule has 2 aromatic rings. The number of hydrogen-bond acceptors (Lipinski definition) is 5. The van der Waals surface area contributed by atoms with Crippen LogP contribution >= 0.6 is 0 Å². The van der Waals surface area contributed by atoms with Crippen LogP contribution in [0, 0.1) is 18.8 Å². The molecule has 4 rings (SSSR count). The lowest BCUT2D eigenvalue weighted by atomic mass is 9.78. The van der Waals surface area contributed by atoms with Crippen LogP contribution in [0.4, 0.5) is 13.2 Å². The Labute approximate surface area is 205 Å². The maximum absolute atomic E-state index is 12.5. The lowest BCUT2D eigenvalue weighted by Crippen LogP contribution is -2.29. The quantitative estimate of drug-likeness (QED) is 0.452. The molecule has 0 spiro atoms. The van der Waals surface area contributed by atoms with Crippen molar-refractivity contribution in [1.29, 1.82) is 0 Å². The van der Waals surface area contributed by atoms with Gasteiger partial charge in [-0.1, -0.05) is 18.9 Å². The molecule has 1 saturated carbocycles.